The third-order valence-corrected chi connectivity index (χ3v) is 3.44. The molecule has 1 amide bonds. The molecule has 1 aromatic rings. The van der Waals surface area contributed by atoms with Gasteiger partial charge in [-0.15, -0.1) is 0 Å². The number of aliphatic hydroxyl groups is 1. The summed E-state index contributed by atoms with van der Waals surface area (Å²) in [5.74, 6) is 0.726. The number of hydrogen-bond donors (Lipinski definition) is 2. The molecule has 0 saturated carbocycles. The molecule has 1 saturated heterocycles. The molecule has 0 aliphatic carbocycles. The van der Waals surface area contributed by atoms with Gasteiger partial charge in [-0.25, -0.2) is 0 Å². The average molecular weight is 249 g/mol. The van der Waals surface area contributed by atoms with Crippen LogP contribution in [0.2, 0.25) is 0 Å². The highest BCUT2D eigenvalue weighted by Gasteiger charge is 2.25. The van der Waals surface area contributed by atoms with E-state index in [0.717, 1.165) is 31.5 Å². The molecular weight excluding hydrogens is 230 g/mol. The lowest BCUT2D eigenvalue weighted by Crippen LogP contribution is -2.30. The van der Waals surface area contributed by atoms with Crippen LogP contribution < -0.4 is 0 Å². The van der Waals surface area contributed by atoms with E-state index in [1.807, 2.05) is 11.0 Å². The van der Waals surface area contributed by atoms with Crippen molar-refractivity contribution in [2.24, 2.45) is 5.92 Å². The third kappa shape index (κ3) is 3.23. The van der Waals surface area contributed by atoms with E-state index in [2.05, 4.69) is 0 Å². The fraction of sp³-hybridized carbons (Fsp3) is 0.500. The Morgan fingerprint density at radius 2 is 2.28 bits per heavy atom. The molecule has 1 fully saturated rings. The normalized spacial score (nSPS) is 19.2. The van der Waals surface area contributed by atoms with Crippen molar-refractivity contribution in [3.05, 3.63) is 29.8 Å². The average Bonchev–Trinajstić information content (AvgIpc) is 2.78. The molecule has 2 N–H and O–H groups in total. The SMILES string of the molecule is O=C(Cc1cccc(O)c1)N1CCC(CCO)C1. The topological polar surface area (TPSA) is 60.8 Å². The minimum atomic E-state index is 0.0982. The highest BCUT2D eigenvalue weighted by atomic mass is 16.3. The van der Waals surface area contributed by atoms with Crippen LogP contribution in [-0.2, 0) is 11.2 Å². The van der Waals surface area contributed by atoms with Gasteiger partial charge in [0.2, 0.25) is 5.91 Å². The van der Waals surface area contributed by atoms with Gasteiger partial charge in [0.15, 0.2) is 0 Å². The van der Waals surface area contributed by atoms with Crippen LogP contribution in [0.3, 0.4) is 0 Å². The van der Waals surface area contributed by atoms with Crippen molar-refractivity contribution >= 4 is 5.91 Å². The standard InChI is InChI=1S/C14H19NO3/c16-7-5-11-4-6-15(10-11)14(18)9-12-2-1-3-13(17)8-12/h1-3,8,11,16-17H,4-7,9-10H2. The zero-order chi connectivity index (χ0) is 13.0. The Labute approximate surface area is 107 Å². The summed E-state index contributed by atoms with van der Waals surface area (Å²) in [6.07, 6.45) is 2.09. The van der Waals surface area contributed by atoms with E-state index in [1.165, 1.54) is 0 Å². The molecule has 1 aliphatic rings. The summed E-state index contributed by atoms with van der Waals surface area (Å²) in [7, 11) is 0. The molecular formula is C14H19NO3. The Bertz CT molecular complexity index is 419. The molecule has 1 aromatic carbocycles. The van der Waals surface area contributed by atoms with E-state index >= 15 is 0 Å². The summed E-state index contributed by atoms with van der Waals surface area (Å²) in [6.45, 7) is 1.72. The minimum absolute atomic E-state index is 0.0982. The van der Waals surface area contributed by atoms with E-state index in [9.17, 15) is 9.90 Å². The lowest BCUT2D eigenvalue weighted by molar-refractivity contribution is -0.129. The number of carbonyl (C=O) groups is 1. The molecule has 1 unspecified atom stereocenters. The van der Waals surface area contributed by atoms with Gasteiger partial charge in [0.25, 0.3) is 0 Å². The quantitative estimate of drug-likeness (QED) is 0.842. The molecule has 18 heavy (non-hydrogen) atoms. The molecule has 0 aromatic heterocycles. The van der Waals surface area contributed by atoms with Gasteiger partial charge in [-0.1, -0.05) is 12.1 Å². The molecule has 0 spiro atoms. The minimum Gasteiger partial charge on any atom is -0.508 e. The zero-order valence-corrected chi connectivity index (χ0v) is 10.4. The Morgan fingerprint density at radius 3 is 3.00 bits per heavy atom. The van der Waals surface area contributed by atoms with E-state index in [-0.39, 0.29) is 18.3 Å². The van der Waals surface area contributed by atoms with Crippen LogP contribution >= 0.6 is 0 Å². The van der Waals surface area contributed by atoms with E-state index in [0.29, 0.717) is 12.3 Å². The number of nitrogens with zero attached hydrogens (tertiary/aromatic N) is 1. The maximum Gasteiger partial charge on any atom is 0.227 e. The van der Waals surface area contributed by atoms with Crippen LogP contribution in [0.15, 0.2) is 24.3 Å². The summed E-state index contributed by atoms with van der Waals surface area (Å²) in [5, 5.41) is 18.2. The lowest BCUT2D eigenvalue weighted by Gasteiger charge is -2.16. The van der Waals surface area contributed by atoms with Crippen LogP contribution in [-0.4, -0.2) is 40.7 Å². The number of likely N-dealkylation sites (tertiary alicyclic amines) is 1. The Morgan fingerprint density at radius 1 is 1.44 bits per heavy atom. The van der Waals surface area contributed by atoms with Gasteiger partial charge in [0.05, 0.1) is 6.42 Å². The van der Waals surface area contributed by atoms with E-state index in [1.54, 1.807) is 18.2 Å². The van der Waals surface area contributed by atoms with Gasteiger partial charge in [0, 0.05) is 19.7 Å². The fourth-order valence-corrected chi connectivity index (χ4v) is 2.43. The van der Waals surface area contributed by atoms with Crippen molar-refractivity contribution in [1.29, 1.82) is 0 Å². The van der Waals surface area contributed by atoms with Crippen molar-refractivity contribution in [2.45, 2.75) is 19.3 Å². The van der Waals surface area contributed by atoms with Gasteiger partial charge in [-0.2, -0.15) is 0 Å². The Hall–Kier alpha value is -1.55. The van der Waals surface area contributed by atoms with Crippen LogP contribution in [0, 0.1) is 5.92 Å². The summed E-state index contributed by atoms with van der Waals surface area (Å²) < 4.78 is 0. The summed E-state index contributed by atoms with van der Waals surface area (Å²) in [4.78, 5) is 13.9. The van der Waals surface area contributed by atoms with Crippen molar-refractivity contribution in [3.8, 4) is 5.75 Å². The molecule has 1 aliphatic heterocycles. The third-order valence-electron chi connectivity index (χ3n) is 3.44. The number of hydrogen-bond acceptors (Lipinski definition) is 3. The summed E-state index contributed by atoms with van der Waals surface area (Å²) >= 11 is 0. The second kappa shape index (κ2) is 5.87. The van der Waals surface area contributed by atoms with Crippen molar-refractivity contribution in [2.75, 3.05) is 19.7 Å². The van der Waals surface area contributed by atoms with Gasteiger partial charge >= 0.3 is 0 Å². The first-order chi connectivity index (χ1) is 8.69. The second-order valence-corrected chi connectivity index (χ2v) is 4.85. The van der Waals surface area contributed by atoms with Gasteiger partial charge in [0.1, 0.15) is 5.75 Å². The Kier molecular flexibility index (Phi) is 4.20. The first kappa shape index (κ1) is 12.9. The maximum absolute atomic E-state index is 12.1. The highest BCUT2D eigenvalue weighted by molar-refractivity contribution is 5.79. The molecule has 4 nitrogen and oxygen atoms in total. The maximum atomic E-state index is 12.1. The highest BCUT2D eigenvalue weighted by Crippen LogP contribution is 2.20. The van der Waals surface area contributed by atoms with Gasteiger partial charge in [-0.3, -0.25) is 4.79 Å². The summed E-state index contributed by atoms with van der Waals surface area (Å²) in [6, 6.07) is 6.82. The number of aromatic hydroxyl groups is 1. The summed E-state index contributed by atoms with van der Waals surface area (Å²) in [5.41, 5.74) is 0.839. The molecule has 0 radical (unpaired) electrons. The van der Waals surface area contributed by atoms with Crippen LogP contribution in [0.1, 0.15) is 18.4 Å². The fourth-order valence-electron chi connectivity index (χ4n) is 2.43. The number of benzene rings is 1. The second-order valence-electron chi connectivity index (χ2n) is 4.85. The number of amides is 1. The molecule has 4 heteroatoms. The number of aliphatic hydroxyl groups excluding tert-OH is 1. The van der Waals surface area contributed by atoms with E-state index < -0.39 is 0 Å². The number of phenols is 1. The largest absolute Gasteiger partial charge is 0.508 e. The van der Waals surface area contributed by atoms with Gasteiger partial charge in [-0.05, 0) is 36.5 Å². The van der Waals surface area contributed by atoms with E-state index in [4.69, 9.17) is 5.11 Å². The van der Waals surface area contributed by atoms with Crippen molar-refractivity contribution in [1.82, 2.24) is 4.90 Å². The predicted octanol–water partition coefficient (Wildman–Crippen LogP) is 1.17. The van der Waals surface area contributed by atoms with Crippen molar-refractivity contribution in [3.63, 3.8) is 0 Å². The van der Waals surface area contributed by atoms with Crippen LogP contribution in [0.5, 0.6) is 5.75 Å². The number of rotatable bonds is 4. The number of carbonyl (C=O) groups excluding carboxylic acids is 1. The monoisotopic (exact) mass is 249 g/mol. The first-order valence-electron chi connectivity index (χ1n) is 6.35. The molecule has 98 valence electrons. The van der Waals surface area contributed by atoms with Gasteiger partial charge < -0.3 is 15.1 Å². The molecule has 1 atom stereocenters. The predicted molar refractivity (Wildman–Crippen MR) is 68.2 cm³/mol. The smallest absolute Gasteiger partial charge is 0.227 e. The Balaban J connectivity index is 1.89. The molecule has 0 bridgehead atoms. The molecule has 1 heterocycles. The number of phenolic OH excluding ortho intramolecular Hbond substituents is 1. The van der Waals surface area contributed by atoms with Crippen LogP contribution in [0.25, 0.3) is 0 Å². The van der Waals surface area contributed by atoms with Crippen molar-refractivity contribution < 1.29 is 15.0 Å². The molecule has 2 rings (SSSR count). The lowest BCUT2D eigenvalue weighted by atomic mass is 10.1. The first-order valence-corrected chi connectivity index (χ1v) is 6.35. The van der Waals surface area contributed by atoms with Crippen LogP contribution in [0.4, 0.5) is 0 Å². The zero-order valence-electron chi connectivity index (χ0n) is 10.4.